The standard InChI is InChI=1S/C30H47NO/c1-3-4-5-6-7-8-9-10-11-12-13-14-15-16-17-18-19-20-23-27-26-30(32)28-24-21-22-25-29(28)31(27)2/h12-13,21-22,24-26H,3-11,14-20,23H2,1-2H3/b13-12-. The molecule has 0 saturated carbocycles. The molecule has 0 saturated heterocycles. The topological polar surface area (TPSA) is 22.0 Å². The Morgan fingerprint density at radius 3 is 1.88 bits per heavy atom. The van der Waals surface area contributed by atoms with Gasteiger partial charge in [0.15, 0.2) is 5.43 Å². The number of allylic oxidation sites excluding steroid dienone is 2. The van der Waals surface area contributed by atoms with E-state index in [0.717, 1.165) is 23.0 Å². The van der Waals surface area contributed by atoms with Gasteiger partial charge in [0.2, 0.25) is 0 Å². The van der Waals surface area contributed by atoms with Crippen molar-refractivity contribution in [3.05, 3.63) is 58.4 Å². The molecular formula is C30H47NO. The van der Waals surface area contributed by atoms with Gasteiger partial charge >= 0.3 is 0 Å². The first-order valence-corrected chi connectivity index (χ1v) is 13.5. The SMILES string of the molecule is CCCCCCCCCC/C=C\CCCCCCCCc1cc(=O)c2ccccc2n1C. The van der Waals surface area contributed by atoms with Crippen LogP contribution in [0.2, 0.25) is 0 Å². The molecular weight excluding hydrogens is 390 g/mol. The van der Waals surface area contributed by atoms with Crippen LogP contribution in [0.15, 0.2) is 47.3 Å². The lowest BCUT2D eigenvalue weighted by Gasteiger charge is -2.12. The van der Waals surface area contributed by atoms with Gasteiger partial charge in [-0.2, -0.15) is 0 Å². The van der Waals surface area contributed by atoms with Crippen LogP contribution in [0.25, 0.3) is 10.9 Å². The number of aromatic nitrogens is 1. The van der Waals surface area contributed by atoms with Crippen molar-refractivity contribution >= 4 is 10.9 Å². The van der Waals surface area contributed by atoms with Crippen molar-refractivity contribution in [1.82, 2.24) is 4.57 Å². The molecule has 0 spiro atoms. The van der Waals surface area contributed by atoms with Crippen molar-refractivity contribution in [2.75, 3.05) is 0 Å². The molecule has 0 unspecified atom stereocenters. The minimum Gasteiger partial charge on any atom is -0.347 e. The van der Waals surface area contributed by atoms with Gasteiger partial charge in [-0.1, -0.05) is 102 Å². The van der Waals surface area contributed by atoms with Gasteiger partial charge in [0.25, 0.3) is 0 Å². The molecule has 0 amide bonds. The lowest BCUT2D eigenvalue weighted by molar-refractivity contribution is 0.577. The van der Waals surface area contributed by atoms with E-state index in [2.05, 4.69) is 30.7 Å². The van der Waals surface area contributed by atoms with Crippen LogP contribution in [-0.2, 0) is 13.5 Å². The fourth-order valence-electron chi connectivity index (χ4n) is 4.60. The quantitative estimate of drug-likeness (QED) is 0.168. The number of rotatable bonds is 18. The maximum absolute atomic E-state index is 12.3. The average molecular weight is 438 g/mol. The van der Waals surface area contributed by atoms with E-state index in [1.165, 1.54) is 103 Å². The average Bonchev–Trinajstić information content (AvgIpc) is 2.81. The molecule has 0 bridgehead atoms. The third kappa shape index (κ3) is 10.2. The predicted molar refractivity (Wildman–Crippen MR) is 142 cm³/mol. The van der Waals surface area contributed by atoms with Crippen molar-refractivity contribution in [1.29, 1.82) is 0 Å². The number of aryl methyl sites for hydroxylation is 2. The van der Waals surface area contributed by atoms with E-state index in [0.29, 0.717) is 0 Å². The molecule has 0 aliphatic carbocycles. The van der Waals surface area contributed by atoms with E-state index in [-0.39, 0.29) is 5.43 Å². The van der Waals surface area contributed by atoms with Gasteiger partial charge in [0, 0.05) is 24.2 Å². The van der Waals surface area contributed by atoms with E-state index in [9.17, 15) is 4.79 Å². The minimum absolute atomic E-state index is 0.157. The van der Waals surface area contributed by atoms with Crippen molar-refractivity contribution in [3.8, 4) is 0 Å². The van der Waals surface area contributed by atoms with Crippen LogP contribution >= 0.6 is 0 Å². The summed E-state index contributed by atoms with van der Waals surface area (Å²) in [4.78, 5) is 12.3. The highest BCUT2D eigenvalue weighted by atomic mass is 16.1. The zero-order valence-corrected chi connectivity index (χ0v) is 20.9. The molecule has 1 aromatic carbocycles. The molecule has 2 aromatic rings. The molecule has 0 N–H and O–H groups in total. The van der Waals surface area contributed by atoms with E-state index in [1.807, 2.05) is 30.3 Å². The van der Waals surface area contributed by atoms with Crippen LogP contribution in [-0.4, -0.2) is 4.57 Å². The number of hydrogen-bond acceptors (Lipinski definition) is 1. The molecule has 1 aromatic heterocycles. The summed E-state index contributed by atoms with van der Waals surface area (Å²) in [5, 5.41) is 0.825. The van der Waals surface area contributed by atoms with Gasteiger partial charge in [0.05, 0.1) is 5.52 Å². The highest BCUT2D eigenvalue weighted by molar-refractivity contribution is 5.79. The normalized spacial score (nSPS) is 11.7. The second-order valence-corrected chi connectivity index (χ2v) is 9.47. The Balaban J connectivity index is 1.44. The molecule has 178 valence electrons. The van der Waals surface area contributed by atoms with E-state index in [1.54, 1.807) is 0 Å². The maximum atomic E-state index is 12.3. The van der Waals surface area contributed by atoms with Gasteiger partial charge in [-0.05, 0) is 50.7 Å². The maximum Gasteiger partial charge on any atom is 0.189 e. The summed E-state index contributed by atoms with van der Waals surface area (Å²) in [5.41, 5.74) is 2.37. The first kappa shape index (κ1) is 26.4. The monoisotopic (exact) mass is 437 g/mol. The summed E-state index contributed by atoms with van der Waals surface area (Å²) in [7, 11) is 2.08. The Hall–Kier alpha value is -1.83. The van der Waals surface area contributed by atoms with Crippen LogP contribution in [0.4, 0.5) is 0 Å². The number of unbranched alkanes of at least 4 members (excludes halogenated alkanes) is 14. The fraction of sp³-hybridized carbons (Fsp3) is 0.633. The Labute approximate surface area is 197 Å². The van der Waals surface area contributed by atoms with Gasteiger partial charge < -0.3 is 4.57 Å². The van der Waals surface area contributed by atoms with E-state index in [4.69, 9.17) is 0 Å². The van der Waals surface area contributed by atoms with E-state index < -0.39 is 0 Å². The van der Waals surface area contributed by atoms with Crippen LogP contribution in [0, 0.1) is 0 Å². The Morgan fingerprint density at radius 1 is 0.719 bits per heavy atom. The van der Waals surface area contributed by atoms with Crippen LogP contribution < -0.4 is 5.43 Å². The molecule has 0 atom stereocenters. The lowest BCUT2D eigenvalue weighted by Crippen LogP contribution is -2.11. The Morgan fingerprint density at radius 2 is 1.25 bits per heavy atom. The third-order valence-corrected chi connectivity index (χ3v) is 6.70. The van der Waals surface area contributed by atoms with Gasteiger partial charge in [-0.25, -0.2) is 0 Å². The zero-order valence-electron chi connectivity index (χ0n) is 20.9. The van der Waals surface area contributed by atoms with Crippen molar-refractivity contribution in [2.24, 2.45) is 7.05 Å². The Bertz CT molecular complexity index is 832. The third-order valence-electron chi connectivity index (χ3n) is 6.70. The summed E-state index contributed by atoms with van der Waals surface area (Å²) in [6.07, 6.45) is 27.3. The molecule has 2 nitrogen and oxygen atoms in total. The summed E-state index contributed by atoms with van der Waals surface area (Å²) in [6.45, 7) is 2.28. The Kier molecular flexibility index (Phi) is 13.8. The summed E-state index contributed by atoms with van der Waals surface area (Å²) < 4.78 is 2.19. The first-order valence-electron chi connectivity index (χ1n) is 13.5. The zero-order chi connectivity index (χ0) is 22.9. The van der Waals surface area contributed by atoms with Crippen LogP contribution in [0.5, 0.6) is 0 Å². The number of nitrogens with zero attached hydrogens (tertiary/aromatic N) is 1. The summed E-state index contributed by atoms with van der Waals surface area (Å²) in [5.74, 6) is 0. The first-order chi connectivity index (χ1) is 15.7. The molecule has 2 heteroatoms. The van der Waals surface area contributed by atoms with Crippen molar-refractivity contribution < 1.29 is 0 Å². The molecule has 1 heterocycles. The van der Waals surface area contributed by atoms with Gasteiger partial charge in [0.1, 0.15) is 0 Å². The molecule has 0 aliphatic rings. The lowest BCUT2D eigenvalue weighted by atomic mass is 10.1. The second-order valence-electron chi connectivity index (χ2n) is 9.47. The smallest absolute Gasteiger partial charge is 0.189 e. The number of benzene rings is 1. The fourth-order valence-corrected chi connectivity index (χ4v) is 4.60. The molecule has 2 rings (SSSR count). The number of hydrogen-bond donors (Lipinski definition) is 0. The second kappa shape index (κ2) is 16.8. The van der Waals surface area contributed by atoms with Gasteiger partial charge in [-0.3, -0.25) is 4.79 Å². The summed E-state index contributed by atoms with van der Waals surface area (Å²) in [6, 6.07) is 9.76. The van der Waals surface area contributed by atoms with Crippen LogP contribution in [0.3, 0.4) is 0 Å². The predicted octanol–water partition coefficient (Wildman–Crippen LogP) is 8.90. The van der Waals surface area contributed by atoms with Crippen molar-refractivity contribution in [3.63, 3.8) is 0 Å². The van der Waals surface area contributed by atoms with Crippen molar-refractivity contribution in [2.45, 2.75) is 116 Å². The van der Waals surface area contributed by atoms with Gasteiger partial charge in [-0.15, -0.1) is 0 Å². The summed E-state index contributed by atoms with van der Waals surface area (Å²) >= 11 is 0. The molecule has 0 aliphatic heterocycles. The number of para-hydroxylation sites is 1. The molecule has 32 heavy (non-hydrogen) atoms. The highest BCUT2D eigenvalue weighted by Gasteiger charge is 2.05. The largest absolute Gasteiger partial charge is 0.347 e. The number of fused-ring (bicyclic) bond motifs is 1. The molecule has 0 radical (unpaired) electrons. The highest BCUT2D eigenvalue weighted by Crippen LogP contribution is 2.15. The minimum atomic E-state index is 0.157. The number of pyridine rings is 1. The van der Waals surface area contributed by atoms with Crippen LogP contribution in [0.1, 0.15) is 115 Å². The molecule has 0 fully saturated rings. The van der Waals surface area contributed by atoms with E-state index >= 15 is 0 Å².